The predicted molar refractivity (Wildman–Crippen MR) is 108 cm³/mol. The van der Waals surface area contributed by atoms with E-state index in [4.69, 9.17) is 4.74 Å². The zero-order valence-corrected chi connectivity index (χ0v) is 16.3. The van der Waals surface area contributed by atoms with Crippen molar-refractivity contribution in [2.45, 2.75) is 51.8 Å². The van der Waals surface area contributed by atoms with Crippen molar-refractivity contribution in [3.8, 4) is 0 Å². The molecule has 1 aliphatic rings. The summed E-state index contributed by atoms with van der Waals surface area (Å²) in [5.41, 5.74) is 5.01. The normalized spacial score (nSPS) is 19.7. The molecule has 0 radical (unpaired) electrons. The number of carbonyl (C=O) groups excluding carboxylic acids is 1. The van der Waals surface area contributed by atoms with Gasteiger partial charge in [-0.25, -0.2) is 4.79 Å². The van der Waals surface area contributed by atoms with E-state index in [2.05, 4.69) is 41.5 Å². The van der Waals surface area contributed by atoms with E-state index < -0.39 is 5.60 Å². The van der Waals surface area contributed by atoms with Crippen molar-refractivity contribution in [1.29, 1.82) is 0 Å². The van der Waals surface area contributed by atoms with E-state index in [1.807, 2.05) is 45.0 Å². The van der Waals surface area contributed by atoms with Crippen molar-refractivity contribution in [1.82, 2.24) is 10.3 Å². The van der Waals surface area contributed by atoms with Gasteiger partial charge in [-0.3, -0.25) is 0 Å². The molecular weight excluding hydrogens is 336 g/mol. The molecule has 1 aromatic heterocycles. The first-order chi connectivity index (χ1) is 12.8. The number of ether oxygens (including phenoxy) is 1. The Morgan fingerprint density at radius 2 is 1.78 bits per heavy atom. The number of nitrogens with one attached hydrogen (secondary N) is 2. The molecule has 0 saturated carbocycles. The molecule has 0 aliphatic carbocycles. The molecule has 140 valence electrons. The van der Waals surface area contributed by atoms with Crippen molar-refractivity contribution in [2.24, 2.45) is 0 Å². The third-order valence-electron chi connectivity index (χ3n) is 4.98. The second-order valence-electron chi connectivity index (χ2n) is 8.39. The van der Waals surface area contributed by atoms with Gasteiger partial charge in [0.05, 0.1) is 11.6 Å². The second kappa shape index (κ2) is 6.54. The van der Waals surface area contributed by atoms with E-state index in [1.165, 1.54) is 22.2 Å². The number of hydrogen-bond acceptors (Lipinski definition) is 3. The second-order valence-corrected chi connectivity index (χ2v) is 8.39. The predicted octanol–water partition coefficient (Wildman–Crippen LogP) is 4.75. The van der Waals surface area contributed by atoms with E-state index >= 15 is 0 Å². The summed E-state index contributed by atoms with van der Waals surface area (Å²) in [5, 5.41) is 4.99. The monoisotopic (exact) mass is 362 g/mol. The molecule has 2 aromatic carbocycles. The van der Waals surface area contributed by atoms with Gasteiger partial charge in [0.15, 0.2) is 0 Å². The van der Waals surface area contributed by atoms with Gasteiger partial charge < -0.3 is 15.0 Å². The van der Waals surface area contributed by atoms with Crippen LogP contribution in [0.5, 0.6) is 0 Å². The maximum Gasteiger partial charge on any atom is 0.338 e. The summed E-state index contributed by atoms with van der Waals surface area (Å²) < 4.78 is 5.46. The van der Waals surface area contributed by atoms with E-state index in [-0.39, 0.29) is 12.0 Å². The molecule has 2 atom stereocenters. The third kappa shape index (κ3) is 3.50. The van der Waals surface area contributed by atoms with Crippen molar-refractivity contribution in [3.05, 3.63) is 70.9 Å². The molecule has 0 spiro atoms. The summed E-state index contributed by atoms with van der Waals surface area (Å²) in [7, 11) is 0. The molecule has 4 nitrogen and oxygen atoms in total. The summed E-state index contributed by atoms with van der Waals surface area (Å²) in [5.74, 6) is -0.287. The Kier molecular flexibility index (Phi) is 4.31. The molecular formula is C23H26N2O2. The molecule has 0 amide bonds. The summed E-state index contributed by atoms with van der Waals surface area (Å²) in [6, 6.07) is 16.7. The van der Waals surface area contributed by atoms with Crippen molar-refractivity contribution >= 4 is 16.9 Å². The fourth-order valence-electron chi connectivity index (χ4n) is 3.83. The van der Waals surface area contributed by atoms with Crippen LogP contribution in [0.15, 0.2) is 48.5 Å². The largest absolute Gasteiger partial charge is 0.456 e. The molecule has 1 aliphatic heterocycles. The molecule has 2 N–H and O–H groups in total. The molecule has 27 heavy (non-hydrogen) atoms. The fraction of sp³-hybridized carbons (Fsp3) is 0.348. The smallest absolute Gasteiger partial charge is 0.338 e. The number of fused-ring (bicyclic) bond motifs is 3. The lowest BCUT2D eigenvalue weighted by Gasteiger charge is -2.30. The highest BCUT2D eigenvalue weighted by atomic mass is 16.6. The lowest BCUT2D eigenvalue weighted by Crippen LogP contribution is -2.37. The van der Waals surface area contributed by atoms with Crippen LogP contribution in [0.1, 0.15) is 60.9 Å². The number of hydrogen-bond donors (Lipinski definition) is 2. The highest BCUT2D eigenvalue weighted by Crippen LogP contribution is 2.35. The average molecular weight is 362 g/mol. The van der Waals surface area contributed by atoms with Crippen LogP contribution in [-0.4, -0.2) is 22.6 Å². The first kappa shape index (κ1) is 17.8. The molecule has 0 unspecified atom stereocenters. The van der Waals surface area contributed by atoms with Gasteiger partial charge in [-0.05, 0) is 63.4 Å². The topological polar surface area (TPSA) is 54.1 Å². The molecule has 0 saturated heterocycles. The fourth-order valence-corrected chi connectivity index (χ4v) is 3.83. The third-order valence-corrected chi connectivity index (χ3v) is 4.98. The first-order valence-electron chi connectivity index (χ1n) is 9.50. The molecule has 3 aromatic rings. The van der Waals surface area contributed by atoms with E-state index in [0.29, 0.717) is 11.6 Å². The van der Waals surface area contributed by atoms with Crippen LogP contribution in [0, 0.1) is 0 Å². The lowest BCUT2D eigenvalue weighted by atomic mass is 9.90. The van der Waals surface area contributed by atoms with Crippen LogP contribution in [0.3, 0.4) is 0 Å². The van der Waals surface area contributed by atoms with Crippen molar-refractivity contribution in [2.75, 3.05) is 0 Å². The Labute approximate surface area is 159 Å². The van der Waals surface area contributed by atoms with E-state index in [0.717, 1.165) is 12.0 Å². The van der Waals surface area contributed by atoms with Crippen LogP contribution in [0.2, 0.25) is 0 Å². The summed E-state index contributed by atoms with van der Waals surface area (Å²) in [6.45, 7) is 7.85. The lowest BCUT2D eigenvalue weighted by molar-refractivity contribution is 0.00695. The van der Waals surface area contributed by atoms with Gasteiger partial charge in [0.2, 0.25) is 0 Å². The molecule has 0 fully saturated rings. The van der Waals surface area contributed by atoms with Gasteiger partial charge in [-0.2, -0.15) is 0 Å². The highest BCUT2D eigenvalue weighted by molar-refractivity contribution is 5.90. The number of rotatable bonds is 2. The minimum atomic E-state index is -0.491. The minimum absolute atomic E-state index is 0.0869. The molecule has 0 bridgehead atoms. The maximum absolute atomic E-state index is 12.3. The van der Waals surface area contributed by atoms with Crippen molar-refractivity contribution < 1.29 is 9.53 Å². The van der Waals surface area contributed by atoms with Crippen LogP contribution < -0.4 is 5.32 Å². The molecule has 4 heteroatoms. The van der Waals surface area contributed by atoms with E-state index in [1.54, 1.807) is 0 Å². The summed E-state index contributed by atoms with van der Waals surface area (Å²) >= 11 is 0. The Morgan fingerprint density at radius 3 is 2.48 bits per heavy atom. The van der Waals surface area contributed by atoms with Gasteiger partial charge in [-0.1, -0.05) is 30.3 Å². The van der Waals surface area contributed by atoms with Gasteiger partial charge in [0.25, 0.3) is 0 Å². The van der Waals surface area contributed by atoms with Crippen LogP contribution in [0.4, 0.5) is 0 Å². The van der Waals surface area contributed by atoms with Gasteiger partial charge in [0.1, 0.15) is 5.60 Å². The number of aromatic nitrogens is 1. The first-order valence-corrected chi connectivity index (χ1v) is 9.50. The zero-order chi connectivity index (χ0) is 19.2. The quantitative estimate of drug-likeness (QED) is 0.647. The SMILES string of the molecule is C[C@H]1Cc2c([nH]c3ccccc23)[C@H](c2ccc(C(=O)OC(C)(C)C)cc2)N1. The van der Waals surface area contributed by atoms with E-state index in [9.17, 15) is 4.79 Å². The number of esters is 1. The number of carbonyl (C=O) groups is 1. The van der Waals surface area contributed by atoms with Crippen LogP contribution in [-0.2, 0) is 11.2 Å². The average Bonchev–Trinajstić information content (AvgIpc) is 2.98. The summed E-state index contributed by atoms with van der Waals surface area (Å²) in [6.07, 6.45) is 1.01. The number of H-pyrrole nitrogens is 1. The number of benzene rings is 2. The Balaban J connectivity index is 1.67. The zero-order valence-electron chi connectivity index (χ0n) is 16.3. The Bertz CT molecular complexity index is 980. The van der Waals surface area contributed by atoms with Crippen LogP contribution in [0.25, 0.3) is 10.9 Å². The Morgan fingerprint density at radius 1 is 1.07 bits per heavy atom. The number of aromatic amines is 1. The maximum atomic E-state index is 12.3. The summed E-state index contributed by atoms with van der Waals surface area (Å²) in [4.78, 5) is 15.9. The number of para-hydroxylation sites is 1. The van der Waals surface area contributed by atoms with Gasteiger partial charge in [-0.15, -0.1) is 0 Å². The molecule has 2 heterocycles. The molecule has 4 rings (SSSR count). The Hall–Kier alpha value is -2.59. The van der Waals surface area contributed by atoms with Crippen LogP contribution >= 0.6 is 0 Å². The van der Waals surface area contributed by atoms with Gasteiger partial charge in [0, 0.05) is 22.6 Å². The highest BCUT2D eigenvalue weighted by Gasteiger charge is 2.28. The minimum Gasteiger partial charge on any atom is -0.456 e. The van der Waals surface area contributed by atoms with Gasteiger partial charge >= 0.3 is 5.97 Å². The van der Waals surface area contributed by atoms with Crippen molar-refractivity contribution in [3.63, 3.8) is 0 Å². The standard InChI is InChI=1S/C23H26N2O2/c1-14-13-18-17-7-5-6-8-19(17)25-21(18)20(24-14)15-9-11-16(12-10-15)22(26)27-23(2,3)4/h5-12,14,20,24-25H,13H2,1-4H3/t14-,20-/m0/s1.